The Kier molecular flexibility index (Phi) is 5.11. The molecular formula is C20H27N5. The van der Waals surface area contributed by atoms with E-state index < -0.39 is 0 Å². The number of piperazine rings is 1. The summed E-state index contributed by atoms with van der Waals surface area (Å²) < 4.78 is 0. The number of nitrogens with zero attached hydrogens (tertiary/aromatic N) is 4. The second kappa shape index (κ2) is 7.83. The van der Waals surface area contributed by atoms with Crippen LogP contribution in [0.5, 0.6) is 0 Å². The van der Waals surface area contributed by atoms with Gasteiger partial charge in [0.15, 0.2) is 0 Å². The van der Waals surface area contributed by atoms with E-state index in [1.807, 2.05) is 0 Å². The maximum absolute atomic E-state index is 4.50. The molecule has 4 rings (SSSR count). The fraction of sp³-hybridized carbons (Fsp3) is 0.500. The predicted molar refractivity (Wildman–Crippen MR) is 102 cm³/mol. The van der Waals surface area contributed by atoms with E-state index in [1.54, 1.807) is 6.33 Å². The molecule has 0 bridgehead atoms. The van der Waals surface area contributed by atoms with Crippen LogP contribution in [0.25, 0.3) is 0 Å². The van der Waals surface area contributed by atoms with Gasteiger partial charge in [0.25, 0.3) is 0 Å². The lowest BCUT2D eigenvalue weighted by Crippen LogP contribution is -2.46. The Balaban J connectivity index is 1.32. The smallest absolute Gasteiger partial charge is 0.134 e. The minimum absolute atomic E-state index is 0.588. The highest BCUT2D eigenvalue weighted by Crippen LogP contribution is 2.23. The van der Waals surface area contributed by atoms with Crippen LogP contribution in [-0.2, 0) is 6.54 Å². The van der Waals surface area contributed by atoms with Gasteiger partial charge in [-0.3, -0.25) is 4.90 Å². The summed E-state index contributed by atoms with van der Waals surface area (Å²) in [5, 5.41) is 3.57. The van der Waals surface area contributed by atoms with Crippen molar-refractivity contribution in [3.8, 4) is 0 Å². The lowest BCUT2D eigenvalue weighted by molar-refractivity contribution is 0.249. The van der Waals surface area contributed by atoms with Gasteiger partial charge in [-0.25, -0.2) is 9.97 Å². The van der Waals surface area contributed by atoms with Gasteiger partial charge < -0.3 is 10.2 Å². The van der Waals surface area contributed by atoms with E-state index in [1.165, 1.54) is 31.2 Å². The molecule has 1 aromatic carbocycles. The maximum Gasteiger partial charge on any atom is 0.134 e. The van der Waals surface area contributed by atoms with Crippen LogP contribution in [0, 0.1) is 0 Å². The zero-order chi connectivity index (χ0) is 16.9. The molecule has 1 N–H and O–H groups in total. The number of nitrogens with one attached hydrogen (secondary N) is 1. The Morgan fingerprint density at radius 2 is 1.72 bits per heavy atom. The molecule has 2 fully saturated rings. The van der Waals surface area contributed by atoms with Crippen LogP contribution < -0.4 is 10.2 Å². The van der Waals surface area contributed by atoms with Crippen molar-refractivity contribution in [1.29, 1.82) is 0 Å². The Morgan fingerprint density at radius 3 is 2.48 bits per heavy atom. The number of anilines is 2. The quantitative estimate of drug-likeness (QED) is 0.908. The van der Waals surface area contributed by atoms with E-state index in [2.05, 4.69) is 61.5 Å². The van der Waals surface area contributed by atoms with Crippen LogP contribution in [0.2, 0.25) is 0 Å². The molecule has 0 amide bonds. The molecule has 5 heteroatoms. The van der Waals surface area contributed by atoms with Gasteiger partial charge in [0, 0.05) is 44.8 Å². The summed E-state index contributed by atoms with van der Waals surface area (Å²) in [6.45, 7) is 5.22. The number of hydrogen-bond donors (Lipinski definition) is 1. The summed E-state index contributed by atoms with van der Waals surface area (Å²) in [4.78, 5) is 13.8. The van der Waals surface area contributed by atoms with Crippen molar-refractivity contribution >= 4 is 11.6 Å². The molecule has 2 heterocycles. The van der Waals surface area contributed by atoms with Crippen molar-refractivity contribution in [3.63, 3.8) is 0 Å². The monoisotopic (exact) mass is 337 g/mol. The summed E-state index contributed by atoms with van der Waals surface area (Å²) in [7, 11) is 0. The standard InChI is InChI=1S/C20H27N5/c1-2-6-17(7-3-1)15-24-10-12-25(13-11-24)20-14-19(21-16-22-20)23-18-8-4-5-9-18/h1-3,6-7,14,16,18H,4-5,8-13,15H2,(H,21,22,23). The normalized spacial score (nSPS) is 19.3. The van der Waals surface area contributed by atoms with Crippen molar-refractivity contribution in [2.75, 3.05) is 36.4 Å². The minimum Gasteiger partial charge on any atom is -0.367 e. The van der Waals surface area contributed by atoms with Gasteiger partial charge >= 0.3 is 0 Å². The summed E-state index contributed by atoms with van der Waals surface area (Å²) in [5.74, 6) is 2.03. The molecule has 132 valence electrons. The summed E-state index contributed by atoms with van der Waals surface area (Å²) in [6, 6.07) is 13.4. The number of benzene rings is 1. The molecule has 5 nitrogen and oxygen atoms in total. The summed E-state index contributed by atoms with van der Waals surface area (Å²) in [6.07, 6.45) is 6.88. The van der Waals surface area contributed by atoms with Gasteiger partial charge in [0.2, 0.25) is 0 Å². The first kappa shape index (κ1) is 16.3. The summed E-state index contributed by atoms with van der Waals surface area (Å²) in [5.41, 5.74) is 1.39. The van der Waals surface area contributed by atoms with Crippen LogP contribution in [0.3, 0.4) is 0 Å². The van der Waals surface area contributed by atoms with Crippen molar-refractivity contribution < 1.29 is 0 Å². The van der Waals surface area contributed by atoms with Crippen LogP contribution >= 0.6 is 0 Å². The van der Waals surface area contributed by atoms with E-state index in [9.17, 15) is 0 Å². The highest BCUT2D eigenvalue weighted by Gasteiger charge is 2.19. The third kappa shape index (κ3) is 4.28. The molecule has 0 radical (unpaired) electrons. The molecule has 0 spiro atoms. The Hall–Kier alpha value is -2.14. The second-order valence-corrected chi connectivity index (χ2v) is 7.14. The average Bonchev–Trinajstić information content (AvgIpc) is 3.16. The first-order valence-corrected chi connectivity index (χ1v) is 9.47. The lowest BCUT2D eigenvalue weighted by atomic mass is 10.2. The fourth-order valence-electron chi connectivity index (χ4n) is 3.85. The second-order valence-electron chi connectivity index (χ2n) is 7.14. The minimum atomic E-state index is 0.588. The Bertz CT molecular complexity index is 661. The lowest BCUT2D eigenvalue weighted by Gasteiger charge is -2.35. The van der Waals surface area contributed by atoms with Gasteiger partial charge in [0.1, 0.15) is 18.0 Å². The molecule has 1 aliphatic heterocycles. The SMILES string of the molecule is c1ccc(CN2CCN(c3cc(NC4CCCC4)ncn3)CC2)cc1. The van der Waals surface area contributed by atoms with Gasteiger partial charge in [-0.2, -0.15) is 0 Å². The molecular weight excluding hydrogens is 310 g/mol. The molecule has 2 aliphatic rings. The first-order chi connectivity index (χ1) is 12.4. The van der Waals surface area contributed by atoms with Crippen LogP contribution in [0.1, 0.15) is 31.2 Å². The first-order valence-electron chi connectivity index (χ1n) is 9.47. The fourth-order valence-corrected chi connectivity index (χ4v) is 3.85. The molecule has 1 saturated heterocycles. The van der Waals surface area contributed by atoms with Crippen LogP contribution in [0.15, 0.2) is 42.7 Å². The van der Waals surface area contributed by atoms with Crippen LogP contribution in [-0.4, -0.2) is 47.1 Å². The van der Waals surface area contributed by atoms with Gasteiger partial charge in [-0.05, 0) is 18.4 Å². The van der Waals surface area contributed by atoms with Crippen LogP contribution in [0.4, 0.5) is 11.6 Å². The number of hydrogen-bond acceptors (Lipinski definition) is 5. The zero-order valence-electron chi connectivity index (χ0n) is 14.8. The van der Waals surface area contributed by atoms with Crippen molar-refractivity contribution in [1.82, 2.24) is 14.9 Å². The highest BCUT2D eigenvalue weighted by atomic mass is 15.3. The largest absolute Gasteiger partial charge is 0.367 e. The molecule has 0 unspecified atom stereocenters. The van der Waals surface area contributed by atoms with Crippen molar-refractivity contribution in [2.45, 2.75) is 38.3 Å². The highest BCUT2D eigenvalue weighted by molar-refractivity contribution is 5.49. The van der Waals surface area contributed by atoms with Gasteiger partial charge in [-0.15, -0.1) is 0 Å². The topological polar surface area (TPSA) is 44.3 Å². The Morgan fingerprint density at radius 1 is 0.960 bits per heavy atom. The Labute approximate surface area is 150 Å². The third-order valence-corrected chi connectivity index (χ3v) is 5.31. The van der Waals surface area contributed by atoms with E-state index in [0.29, 0.717) is 6.04 Å². The molecule has 1 aromatic heterocycles. The van der Waals surface area contributed by atoms with E-state index >= 15 is 0 Å². The number of rotatable bonds is 5. The third-order valence-electron chi connectivity index (χ3n) is 5.31. The van der Waals surface area contributed by atoms with Gasteiger partial charge in [0.05, 0.1) is 0 Å². The van der Waals surface area contributed by atoms with Gasteiger partial charge in [-0.1, -0.05) is 43.2 Å². The molecule has 1 aliphatic carbocycles. The van der Waals surface area contributed by atoms with Crippen molar-refractivity contribution in [3.05, 3.63) is 48.3 Å². The molecule has 2 aromatic rings. The van der Waals surface area contributed by atoms with E-state index in [-0.39, 0.29) is 0 Å². The average molecular weight is 337 g/mol. The number of aromatic nitrogens is 2. The zero-order valence-corrected chi connectivity index (χ0v) is 14.8. The van der Waals surface area contributed by atoms with E-state index in [4.69, 9.17) is 0 Å². The predicted octanol–water partition coefficient (Wildman–Crippen LogP) is 3.15. The molecule has 25 heavy (non-hydrogen) atoms. The maximum atomic E-state index is 4.50. The van der Waals surface area contributed by atoms with Crippen molar-refractivity contribution in [2.24, 2.45) is 0 Å². The molecule has 1 saturated carbocycles. The molecule has 0 atom stereocenters. The summed E-state index contributed by atoms with van der Waals surface area (Å²) >= 11 is 0. The van der Waals surface area contributed by atoms with E-state index in [0.717, 1.165) is 44.4 Å².